The van der Waals surface area contributed by atoms with Gasteiger partial charge in [-0.25, -0.2) is 4.98 Å². The molecule has 0 saturated heterocycles. The highest BCUT2D eigenvalue weighted by atomic mass is 16.7. The minimum absolute atomic E-state index is 0.514. The van der Waals surface area contributed by atoms with Gasteiger partial charge in [0.15, 0.2) is 0 Å². The Kier molecular flexibility index (Phi) is 13.3. The lowest BCUT2D eigenvalue weighted by Gasteiger charge is -2.01. The third kappa shape index (κ3) is 9.34. The summed E-state index contributed by atoms with van der Waals surface area (Å²) >= 11 is 0. The molecule has 0 spiro atoms. The fourth-order valence-electron chi connectivity index (χ4n) is 1.46. The zero-order valence-electron chi connectivity index (χ0n) is 14.4. The Labute approximate surface area is 137 Å². The lowest BCUT2D eigenvalue weighted by atomic mass is 10.2. The second-order valence-corrected chi connectivity index (χ2v) is 3.91. The second kappa shape index (κ2) is 14.2. The molecule has 0 aliphatic carbocycles. The molecule has 0 atom stereocenters. The van der Waals surface area contributed by atoms with Crippen LogP contribution >= 0.6 is 0 Å². The molecule has 23 heavy (non-hydrogen) atoms. The number of nitrogens with zero attached hydrogens (tertiary/aromatic N) is 1. The summed E-state index contributed by atoms with van der Waals surface area (Å²) in [5.41, 5.74) is 2.12. The minimum Gasteiger partial charge on any atom is -0.389 e. The topological polar surface area (TPSA) is 84.1 Å². The largest absolute Gasteiger partial charge is 0.638 e. The highest BCUT2D eigenvalue weighted by Crippen LogP contribution is 2.05. The van der Waals surface area contributed by atoms with Crippen LogP contribution in [0.25, 0.3) is 11.0 Å². The van der Waals surface area contributed by atoms with E-state index in [1.165, 1.54) is 42.7 Å². The summed E-state index contributed by atoms with van der Waals surface area (Å²) in [5.74, 6) is 0. The van der Waals surface area contributed by atoms with E-state index in [1.807, 2.05) is 24.3 Å². The number of para-hydroxylation sites is 2. The molecule has 2 rings (SSSR count). The molecule has 0 aliphatic heterocycles. The Hall–Kier alpha value is -1.42. The zero-order chi connectivity index (χ0) is 17.5. The van der Waals surface area contributed by atoms with Gasteiger partial charge in [0, 0.05) is 42.7 Å². The molecule has 0 unspecified atom stereocenters. The molecule has 0 amide bonds. The average molecular weight is 326 g/mol. The van der Waals surface area contributed by atoms with E-state index >= 15 is 0 Å². The van der Waals surface area contributed by atoms with Crippen molar-refractivity contribution in [3.05, 3.63) is 30.6 Å². The molecule has 1 aromatic heterocycles. The summed E-state index contributed by atoms with van der Waals surface area (Å²) in [7, 11) is 8.04. The summed E-state index contributed by atoms with van der Waals surface area (Å²) < 4.78 is 27.6. The van der Waals surface area contributed by atoms with Gasteiger partial charge in [0.05, 0.1) is 17.4 Å². The average Bonchev–Trinajstić information content (AvgIpc) is 3.08. The van der Waals surface area contributed by atoms with E-state index in [0.29, 0.717) is 0 Å². The van der Waals surface area contributed by atoms with Gasteiger partial charge in [-0.05, 0) is 12.1 Å². The molecule has 0 saturated carbocycles. The van der Waals surface area contributed by atoms with Crippen molar-refractivity contribution >= 4 is 25.7 Å². The van der Waals surface area contributed by atoms with Gasteiger partial charge in [-0.1, -0.05) is 12.1 Å². The van der Waals surface area contributed by atoms with Gasteiger partial charge >= 0.3 is 14.6 Å². The second-order valence-electron chi connectivity index (χ2n) is 3.91. The number of imidazole rings is 1. The van der Waals surface area contributed by atoms with Crippen LogP contribution in [0, 0.1) is 0 Å². The fourth-order valence-corrected chi connectivity index (χ4v) is 1.46. The molecule has 8 nitrogen and oxygen atoms in total. The van der Waals surface area contributed by atoms with E-state index in [2.05, 4.69) is 37.9 Å². The lowest BCUT2D eigenvalue weighted by Crippen LogP contribution is -2.21. The van der Waals surface area contributed by atoms with E-state index in [9.17, 15) is 0 Å². The third-order valence-electron chi connectivity index (χ3n) is 2.48. The Morgan fingerprint density at radius 2 is 1.17 bits per heavy atom. The van der Waals surface area contributed by atoms with Crippen LogP contribution in [-0.4, -0.2) is 67.3 Å². The highest BCUT2D eigenvalue weighted by molar-refractivity contribution is 6.36. The molecule has 10 heteroatoms. The van der Waals surface area contributed by atoms with E-state index in [4.69, 9.17) is 0 Å². The molecular weight excluding hydrogens is 302 g/mol. The van der Waals surface area contributed by atoms with Crippen LogP contribution in [0.1, 0.15) is 0 Å². The van der Waals surface area contributed by atoms with Crippen LogP contribution in [0.15, 0.2) is 30.6 Å². The fraction of sp³-hybridized carbons (Fsp3) is 0.462. The number of hydrogen-bond donors (Lipinski definition) is 1. The molecule has 1 heterocycles. The van der Waals surface area contributed by atoms with Crippen LogP contribution in [0.2, 0.25) is 0 Å². The standard InChI is InChI=1S/C7H6N2.2C3H9BO3/c1-2-4-7-6(3-1)8-5-9-7;2*1-5-4(6-2)7-3/h1-5H,(H,8,9);2*1-3H3. The summed E-state index contributed by atoms with van der Waals surface area (Å²) in [6.45, 7) is 0. The molecule has 0 fully saturated rings. The van der Waals surface area contributed by atoms with Crippen LogP contribution in [0.3, 0.4) is 0 Å². The first-order valence-electron chi connectivity index (χ1n) is 6.71. The van der Waals surface area contributed by atoms with Crippen molar-refractivity contribution in [1.29, 1.82) is 0 Å². The number of hydrogen-bond acceptors (Lipinski definition) is 7. The monoisotopic (exact) mass is 326 g/mol. The van der Waals surface area contributed by atoms with Gasteiger partial charge < -0.3 is 32.9 Å². The third-order valence-corrected chi connectivity index (χ3v) is 2.48. The predicted molar refractivity (Wildman–Crippen MR) is 89.7 cm³/mol. The number of fused-ring (bicyclic) bond motifs is 1. The number of nitrogens with one attached hydrogen (secondary N) is 1. The number of aromatic amines is 1. The summed E-state index contributed by atoms with van der Waals surface area (Å²) in [6.07, 6.45) is 1.70. The van der Waals surface area contributed by atoms with Crippen LogP contribution in [0.5, 0.6) is 0 Å². The molecule has 0 bridgehead atoms. The Morgan fingerprint density at radius 3 is 1.52 bits per heavy atom. The summed E-state index contributed by atoms with van der Waals surface area (Å²) in [6, 6.07) is 7.94. The summed E-state index contributed by atoms with van der Waals surface area (Å²) in [4.78, 5) is 7.07. The van der Waals surface area contributed by atoms with Crippen molar-refractivity contribution < 1.29 is 27.9 Å². The highest BCUT2D eigenvalue weighted by Gasteiger charge is 2.13. The number of aromatic nitrogens is 2. The molecule has 1 aromatic carbocycles. The van der Waals surface area contributed by atoms with Crippen molar-refractivity contribution in [3.8, 4) is 0 Å². The molecule has 2 aromatic rings. The van der Waals surface area contributed by atoms with Crippen LogP contribution in [-0.2, 0) is 27.9 Å². The molecule has 1 N–H and O–H groups in total. The maximum absolute atomic E-state index is 4.60. The van der Waals surface area contributed by atoms with Crippen molar-refractivity contribution in [2.75, 3.05) is 42.7 Å². The van der Waals surface area contributed by atoms with E-state index in [-0.39, 0.29) is 0 Å². The number of H-pyrrole nitrogens is 1. The van der Waals surface area contributed by atoms with Crippen LogP contribution < -0.4 is 0 Å². The SMILES string of the molecule is COB(OC)OC.COB(OC)OC.c1ccc2[nH]cnc2c1. The van der Waals surface area contributed by atoms with Crippen molar-refractivity contribution in [1.82, 2.24) is 9.97 Å². The van der Waals surface area contributed by atoms with Gasteiger partial charge in [-0.2, -0.15) is 0 Å². The van der Waals surface area contributed by atoms with Gasteiger partial charge in [0.1, 0.15) is 0 Å². The maximum Gasteiger partial charge on any atom is 0.638 e. The number of benzene rings is 1. The quantitative estimate of drug-likeness (QED) is 0.803. The normalized spacial score (nSPS) is 9.48. The molecule has 128 valence electrons. The Balaban J connectivity index is 0.000000322. The Morgan fingerprint density at radius 1 is 0.739 bits per heavy atom. The number of rotatable bonds is 6. The first-order chi connectivity index (χ1) is 11.2. The maximum atomic E-state index is 4.60. The molecule has 0 aliphatic rings. The van der Waals surface area contributed by atoms with Crippen molar-refractivity contribution in [3.63, 3.8) is 0 Å². The molecular formula is C13H24B2N2O6. The predicted octanol–water partition coefficient (Wildman–Crippen LogP) is 1.38. The van der Waals surface area contributed by atoms with E-state index < -0.39 is 14.6 Å². The van der Waals surface area contributed by atoms with E-state index in [0.717, 1.165) is 11.0 Å². The van der Waals surface area contributed by atoms with Gasteiger partial charge in [-0.3, -0.25) is 0 Å². The van der Waals surface area contributed by atoms with Gasteiger partial charge in [0.25, 0.3) is 0 Å². The molecule has 0 radical (unpaired) electrons. The first kappa shape index (κ1) is 21.6. The smallest absolute Gasteiger partial charge is 0.389 e. The van der Waals surface area contributed by atoms with Gasteiger partial charge in [-0.15, -0.1) is 0 Å². The van der Waals surface area contributed by atoms with Crippen LogP contribution in [0.4, 0.5) is 0 Å². The van der Waals surface area contributed by atoms with Crippen molar-refractivity contribution in [2.45, 2.75) is 0 Å². The Bertz CT molecular complexity index is 441. The van der Waals surface area contributed by atoms with Crippen molar-refractivity contribution in [2.24, 2.45) is 0 Å². The van der Waals surface area contributed by atoms with E-state index in [1.54, 1.807) is 6.33 Å². The lowest BCUT2D eigenvalue weighted by molar-refractivity contribution is 0.163. The summed E-state index contributed by atoms with van der Waals surface area (Å²) in [5, 5.41) is 0. The minimum atomic E-state index is -0.514. The first-order valence-corrected chi connectivity index (χ1v) is 6.71. The van der Waals surface area contributed by atoms with Gasteiger partial charge in [0.2, 0.25) is 0 Å². The zero-order valence-corrected chi connectivity index (χ0v) is 14.4.